The van der Waals surface area contributed by atoms with Crippen molar-refractivity contribution in [1.82, 2.24) is 10.2 Å². The van der Waals surface area contributed by atoms with Gasteiger partial charge in [0, 0.05) is 19.5 Å². The fraction of sp³-hybridized carbons (Fsp3) is 0.700. The van der Waals surface area contributed by atoms with Crippen molar-refractivity contribution in [3.63, 3.8) is 0 Å². The minimum atomic E-state index is -1.02. The average molecular weight is 230 g/mol. The molecule has 0 aromatic rings. The predicted molar refractivity (Wildman–Crippen MR) is 57.8 cm³/mol. The van der Waals surface area contributed by atoms with E-state index >= 15 is 0 Å². The molecule has 0 aliphatic heterocycles. The summed E-state index contributed by atoms with van der Waals surface area (Å²) in [5.74, 6) is -1.61. The predicted octanol–water partition coefficient (Wildman–Crippen LogP) is -0.166. The molecule has 0 aromatic carbocycles. The number of hydrogen-bond acceptors (Lipinski definition) is 3. The van der Waals surface area contributed by atoms with Crippen LogP contribution in [0.5, 0.6) is 0 Å². The smallest absolute Gasteiger partial charge is 0.303 e. The van der Waals surface area contributed by atoms with Crippen molar-refractivity contribution in [3.05, 3.63) is 0 Å². The Bertz CT molecular complexity index is 276. The van der Waals surface area contributed by atoms with Gasteiger partial charge in [0.15, 0.2) is 0 Å². The van der Waals surface area contributed by atoms with Crippen molar-refractivity contribution in [2.75, 3.05) is 13.6 Å². The van der Waals surface area contributed by atoms with E-state index in [4.69, 9.17) is 5.11 Å². The maximum atomic E-state index is 11.4. The quantitative estimate of drug-likeness (QED) is 0.663. The number of carboxylic acids is 1. The molecule has 0 rings (SSSR count). The lowest BCUT2D eigenvalue weighted by Gasteiger charge is -2.17. The largest absolute Gasteiger partial charge is 0.481 e. The molecule has 0 radical (unpaired) electrons. The first kappa shape index (κ1) is 14.4. The molecule has 0 saturated carbocycles. The Morgan fingerprint density at radius 3 is 2.25 bits per heavy atom. The van der Waals surface area contributed by atoms with Gasteiger partial charge in [0.25, 0.3) is 0 Å². The highest BCUT2D eigenvalue weighted by atomic mass is 16.4. The second-order valence-electron chi connectivity index (χ2n) is 3.87. The van der Waals surface area contributed by atoms with E-state index in [0.29, 0.717) is 0 Å². The third-order valence-electron chi connectivity index (χ3n) is 1.81. The normalized spacial score (nSPS) is 10.0. The van der Waals surface area contributed by atoms with Crippen LogP contribution in [0.3, 0.4) is 0 Å². The molecular formula is C10H18N2O4. The molecule has 0 unspecified atom stereocenters. The average Bonchev–Trinajstić information content (AvgIpc) is 2.12. The summed E-state index contributed by atoms with van der Waals surface area (Å²) in [6.07, 6.45) is -0.296. The Balaban J connectivity index is 3.95. The second-order valence-corrected chi connectivity index (χ2v) is 3.87. The zero-order chi connectivity index (χ0) is 12.7. The van der Waals surface area contributed by atoms with Crippen molar-refractivity contribution >= 4 is 17.8 Å². The van der Waals surface area contributed by atoms with E-state index in [1.807, 2.05) is 13.8 Å². The zero-order valence-electron chi connectivity index (χ0n) is 9.82. The van der Waals surface area contributed by atoms with Crippen LogP contribution in [0.15, 0.2) is 0 Å². The standard InChI is InChI=1S/C10H18N2O4/c1-7(2)11-8(13)6-12(3)9(14)4-5-10(15)16/h7H,4-6H2,1-3H3,(H,11,13)(H,15,16). The van der Waals surface area contributed by atoms with Crippen LogP contribution >= 0.6 is 0 Å². The number of rotatable bonds is 6. The summed E-state index contributed by atoms with van der Waals surface area (Å²) < 4.78 is 0. The highest BCUT2D eigenvalue weighted by Crippen LogP contribution is 1.95. The fourth-order valence-corrected chi connectivity index (χ4v) is 1.08. The Kier molecular flexibility index (Phi) is 6.14. The van der Waals surface area contributed by atoms with Crippen LogP contribution in [0.4, 0.5) is 0 Å². The molecule has 0 heterocycles. The topological polar surface area (TPSA) is 86.7 Å². The fourth-order valence-electron chi connectivity index (χ4n) is 1.08. The first-order valence-corrected chi connectivity index (χ1v) is 5.08. The molecule has 0 bridgehead atoms. The lowest BCUT2D eigenvalue weighted by atomic mass is 10.3. The van der Waals surface area contributed by atoms with Gasteiger partial charge in [0.2, 0.25) is 11.8 Å². The number of hydrogen-bond donors (Lipinski definition) is 2. The molecule has 0 aromatic heterocycles. The lowest BCUT2D eigenvalue weighted by molar-refractivity contribution is -0.141. The Morgan fingerprint density at radius 1 is 1.25 bits per heavy atom. The summed E-state index contributed by atoms with van der Waals surface area (Å²) in [6.45, 7) is 3.60. The van der Waals surface area contributed by atoms with Crippen molar-refractivity contribution in [2.45, 2.75) is 32.7 Å². The van der Waals surface area contributed by atoms with Gasteiger partial charge in [-0.3, -0.25) is 14.4 Å². The van der Waals surface area contributed by atoms with Gasteiger partial charge in [-0.05, 0) is 13.8 Å². The molecule has 0 saturated heterocycles. The number of carboxylic acid groups (broad SMARTS) is 1. The van der Waals surface area contributed by atoms with Crippen LogP contribution in [0.1, 0.15) is 26.7 Å². The van der Waals surface area contributed by atoms with Crippen molar-refractivity contribution < 1.29 is 19.5 Å². The van der Waals surface area contributed by atoms with E-state index in [9.17, 15) is 14.4 Å². The summed E-state index contributed by atoms with van der Waals surface area (Å²) in [6, 6.07) is 0.0232. The summed E-state index contributed by atoms with van der Waals surface area (Å²) in [7, 11) is 1.48. The summed E-state index contributed by atoms with van der Waals surface area (Å²) >= 11 is 0. The van der Waals surface area contributed by atoms with E-state index in [1.54, 1.807) is 0 Å². The molecule has 0 aliphatic carbocycles. The van der Waals surface area contributed by atoms with Gasteiger partial charge in [-0.2, -0.15) is 0 Å². The molecule has 0 spiro atoms. The van der Waals surface area contributed by atoms with Crippen LogP contribution in [-0.2, 0) is 14.4 Å². The minimum Gasteiger partial charge on any atom is -0.481 e. The minimum absolute atomic E-state index is 0.0232. The van der Waals surface area contributed by atoms with Gasteiger partial charge in [-0.15, -0.1) is 0 Å². The van der Waals surface area contributed by atoms with E-state index < -0.39 is 5.97 Å². The van der Waals surface area contributed by atoms with Crippen molar-refractivity contribution in [1.29, 1.82) is 0 Å². The summed E-state index contributed by atoms with van der Waals surface area (Å²) in [4.78, 5) is 34.1. The van der Waals surface area contributed by atoms with E-state index in [-0.39, 0.29) is 37.2 Å². The first-order chi connectivity index (χ1) is 7.32. The highest BCUT2D eigenvalue weighted by molar-refractivity contribution is 5.86. The molecule has 6 heteroatoms. The third kappa shape index (κ3) is 6.80. The van der Waals surface area contributed by atoms with Crippen LogP contribution in [0.25, 0.3) is 0 Å². The first-order valence-electron chi connectivity index (χ1n) is 5.08. The van der Waals surface area contributed by atoms with Crippen LogP contribution in [0.2, 0.25) is 0 Å². The maximum Gasteiger partial charge on any atom is 0.303 e. The Morgan fingerprint density at radius 2 is 1.81 bits per heavy atom. The molecule has 92 valence electrons. The van der Waals surface area contributed by atoms with Crippen LogP contribution in [-0.4, -0.2) is 47.4 Å². The van der Waals surface area contributed by atoms with Gasteiger partial charge in [-0.25, -0.2) is 0 Å². The Labute approximate surface area is 94.6 Å². The van der Waals surface area contributed by atoms with Gasteiger partial charge in [-0.1, -0.05) is 0 Å². The SMILES string of the molecule is CC(C)NC(=O)CN(C)C(=O)CCC(=O)O. The Hall–Kier alpha value is -1.59. The second kappa shape index (κ2) is 6.81. The number of nitrogens with zero attached hydrogens (tertiary/aromatic N) is 1. The van der Waals surface area contributed by atoms with Crippen LogP contribution in [0, 0.1) is 0 Å². The monoisotopic (exact) mass is 230 g/mol. The number of carbonyl (C=O) groups is 3. The molecule has 0 atom stereocenters. The zero-order valence-corrected chi connectivity index (χ0v) is 9.82. The number of carbonyl (C=O) groups excluding carboxylic acids is 2. The molecule has 0 fully saturated rings. The van der Waals surface area contributed by atoms with Gasteiger partial charge in [0.1, 0.15) is 0 Å². The molecule has 0 aliphatic rings. The number of aliphatic carboxylic acids is 1. The van der Waals surface area contributed by atoms with Gasteiger partial charge < -0.3 is 15.3 Å². The number of nitrogens with one attached hydrogen (secondary N) is 1. The van der Waals surface area contributed by atoms with Crippen molar-refractivity contribution in [2.24, 2.45) is 0 Å². The molecule has 2 N–H and O–H groups in total. The van der Waals surface area contributed by atoms with Crippen molar-refractivity contribution in [3.8, 4) is 0 Å². The maximum absolute atomic E-state index is 11.4. The summed E-state index contributed by atoms with van der Waals surface area (Å²) in [5.41, 5.74) is 0. The van der Waals surface area contributed by atoms with Gasteiger partial charge in [0.05, 0.1) is 13.0 Å². The highest BCUT2D eigenvalue weighted by Gasteiger charge is 2.14. The number of amides is 2. The number of likely N-dealkylation sites (N-methyl/N-ethyl adjacent to an activating group) is 1. The van der Waals surface area contributed by atoms with E-state index in [1.165, 1.54) is 11.9 Å². The lowest BCUT2D eigenvalue weighted by Crippen LogP contribution is -2.40. The molecule has 2 amide bonds. The molecule has 6 nitrogen and oxygen atoms in total. The van der Waals surface area contributed by atoms with Gasteiger partial charge >= 0.3 is 5.97 Å². The van der Waals surface area contributed by atoms with E-state index in [0.717, 1.165) is 0 Å². The van der Waals surface area contributed by atoms with E-state index in [2.05, 4.69) is 5.32 Å². The summed E-state index contributed by atoms with van der Waals surface area (Å²) in [5, 5.41) is 11.0. The third-order valence-corrected chi connectivity index (χ3v) is 1.81. The molecular weight excluding hydrogens is 212 g/mol. The van der Waals surface area contributed by atoms with Crippen LogP contribution < -0.4 is 5.32 Å². The molecule has 16 heavy (non-hydrogen) atoms.